The Balaban J connectivity index is 0.000000429. The largest absolute Gasteiger partial charge is 0.490 e. The van der Waals surface area contributed by atoms with Crippen LogP contribution in [0.3, 0.4) is 0 Å². The van der Waals surface area contributed by atoms with Crippen LogP contribution in [-0.4, -0.2) is 58.6 Å². The molecule has 2 aromatic heterocycles. The van der Waals surface area contributed by atoms with Crippen molar-refractivity contribution < 1.29 is 32.7 Å². The molecule has 186 valence electrons. The second-order valence-corrected chi connectivity index (χ2v) is 8.53. The van der Waals surface area contributed by atoms with Crippen LogP contribution in [0, 0.1) is 0 Å². The van der Waals surface area contributed by atoms with E-state index in [1.807, 2.05) is 11.0 Å². The summed E-state index contributed by atoms with van der Waals surface area (Å²) in [7, 11) is 0. The van der Waals surface area contributed by atoms with E-state index in [-0.39, 0.29) is 18.4 Å². The third kappa shape index (κ3) is 8.04. The van der Waals surface area contributed by atoms with Crippen molar-refractivity contribution in [3.05, 3.63) is 57.4 Å². The van der Waals surface area contributed by atoms with Crippen LogP contribution in [0.25, 0.3) is 12.2 Å². The van der Waals surface area contributed by atoms with Gasteiger partial charge in [-0.05, 0) is 52.9 Å². The first-order valence-electron chi connectivity index (χ1n) is 10.6. The zero-order valence-corrected chi connectivity index (χ0v) is 19.3. The predicted octanol–water partition coefficient (Wildman–Crippen LogP) is 3.54. The number of aromatic nitrogens is 1. The Labute approximate surface area is 203 Å². The summed E-state index contributed by atoms with van der Waals surface area (Å²) >= 11 is 1.70. The fraction of sp³-hybridized carbons (Fsp3) is 0.304. The van der Waals surface area contributed by atoms with E-state index in [9.17, 15) is 22.8 Å². The Hall–Kier alpha value is -3.51. The minimum Gasteiger partial charge on any atom is -0.475 e. The van der Waals surface area contributed by atoms with Crippen molar-refractivity contribution in [1.82, 2.24) is 15.2 Å². The van der Waals surface area contributed by atoms with Crippen LogP contribution in [-0.2, 0) is 20.9 Å². The first kappa shape index (κ1) is 26.1. The number of anilines is 1. The van der Waals surface area contributed by atoms with E-state index in [0.29, 0.717) is 12.4 Å². The van der Waals surface area contributed by atoms with E-state index >= 15 is 0 Å². The highest BCUT2D eigenvalue weighted by Crippen LogP contribution is 2.21. The number of amides is 2. The van der Waals surface area contributed by atoms with E-state index in [0.717, 1.165) is 37.1 Å². The highest BCUT2D eigenvalue weighted by Gasteiger charge is 2.38. The third-order valence-corrected chi connectivity index (χ3v) is 5.84. The van der Waals surface area contributed by atoms with Gasteiger partial charge in [0.1, 0.15) is 5.82 Å². The molecule has 2 aromatic rings. The maximum Gasteiger partial charge on any atom is 0.490 e. The van der Waals surface area contributed by atoms with Crippen molar-refractivity contribution in [3.63, 3.8) is 0 Å². The SMILES string of the molecule is O=C(O)C(F)(F)F.O=C1CNCc2cc(/C=C/C(=O)N3CCC(=Cc4ccsc4)CC3)cnc2N1. The fourth-order valence-corrected chi connectivity index (χ4v) is 4.00. The Morgan fingerprint density at radius 1 is 1.17 bits per heavy atom. The Kier molecular flexibility index (Phi) is 8.77. The van der Waals surface area contributed by atoms with Gasteiger partial charge in [-0.1, -0.05) is 11.6 Å². The number of fused-ring (bicyclic) bond motifs is 1. The summed E-state index contributed by atoms with van der Waals surface area (Å²) < 4.78 is 31.7. The lowest BCUT2D eigenvalue weighted by atomic mass is 10.0. The van der Waals surface area contributed by atoms with Crippen molar-refractivity contribution in [2.45, 2.75) is 25.6 Å². The zero-order valence-electron chi connectivity index (χ0n) is 18.5. The summed E-state index contributed by atoms with van der Waals surface area (Å²) in [4.78, 5) is 39.2. The van der Waals surface area contributed by atoms with Gasteiger partial charge in [-0.25, -0.2) is 9.78 Å². The lowest BCUT2D eigenvalue weighted by Crippen LogP contribution is -2.35. The van der Waals surface area contributed by atoms with Crippen molar-refractivity contribution >= 4 is 47.1 Å². The normalized spacial score (nSPS) is 16.0. The van der Waals surface area contributed by atoms with E-state index in [1.165, 1.54) is 11.1 Å². The number of hydrogen-bond acceptors (Lipinski definition) is 6. The van der Waals surface area contributed by atoms with Crippen molar-refractivity contribution in [1.29, 1.82) is 0 Å². The molecule has 1 saturated heterocycles. The minimum absolute atomic E-state index is 0.0240. The number of piperidine rings is 1. The number of rotatable bonds is 3. The van der Waals surface area contributed by atoms with Crippen molar-refractivity contribution in [3.8, 4) is 0 Å². The number of carbonyl (C=O) groups is 3. The Morgan fingerprint density at radius 3 is 2.51 bits per heavy atom. The van der Waals surface area contributed by atoms with Crippen LogP contribution in [0.5, 0.6) is 0 Å². The second-order valence-electron chi connectivity index (χ2n) is 7.75. The molecule has 4 rings (SSSR count). The summed E-state index contributed by atoms with van der Waals surface area (Å²) in [5, 5.41) is 17.2. The lowest BCUT2D eigenvalue weighted by Gasteiger charge is -2.27. The highest BCUT2D eigenvalue weighted by molar-refractivity contribution is 7.08. The van der Waals surface area contributed by atoms with Gasteiger partial charge in [0.15, 0.2) is 0 Å². The number of likely N-dealkylation sites (tertiary alicyclic amines) is 1. The number of halogens is 3. The molecule has 1 fully saturated rings. The summed E-state index contributed by atoms with van der Waals surface area (Å²) in [6.45, 7) is 2.34. The van der Waals surface area contributed by atoms with Crippen LogP contribution in [0.2, 0.25) is 0 Å². The van der Waals surface area contributed by atoms with E-state index < -0.39 is 12.1 Å². The first-order valence-corrected chi connectivity index (χ1v) is 11.5. The van der Waals surface area contributed by atoms with E-state index in [4.69, 9.17) is 9.90 Å². The molecule has 3 N–H and O–H groups in total. The summed E-state index contributed by atoms with van der Waals surface area (Å²) in [5.41, 5.74) is 4.42. The smallest absolute Gasteiger partial charge is 0.475 e. The quantitative estimate of drug-likeness (QED) is 0.547. The molecule has 0 spiro atoms. The molecule has 0 bridgehead atoms. The monoisotopic (exact) mass is 508 g/mol. The van der Waals surface area contributed by atoms with Gasteiger partial charge in [-0.15, -0.1) is 0 Å². The maximum absolute atomic E-state index is 12.5. The average molecular weight is 509 g/mol. The van der Waals surface area contributed by atoms with Crippen LogP contribution >= 0.6 is 11.3 Å². The predicted molar refractivity (Wildman–Crippen MR) is 125 cm³/mol. The number of hydrogen-bond donors (Lipinski definition) is 3. The third-order valence-electron chi connectivity index (χ3n) is 5.14. The Bertz CT molecular complexity index is 1120. The standard InChI is InChI=1S/C21H22N4O2S.C2HF3O2/c26-19-13-22-12-18-10-16(11-23-21(18)24-19)1-2-20(27)25-6-3-15(4-7-25)9-17-5-8-28-14-17;3-2(4,5)1(6)7/h1-2,5,8-11,14,22H,3-4,6-7,12-13H2,(H,23,24,26);(H,6,7)/b2-1+;. The summed E-state index contributed by atoms with van der Waals surface area (Å²) in [6.07, 6.45) is 4.07. The number of nitrogens with one attached hydrogen (secondary N) is 2. The number of pyridine rings is 1. The zero-order chi connectivity index (χ0) is 25.4. The van der Waals surface area contributed by atoms with Crippen molar-refractivity contribution in [2.75, 3.05) is 25.0 Å². The number of alkyl halides is 3. The molecule has 0 unspecified atom stereocenters. The van der Waals surface area contributed by atoms with Gasteiger partial charge in [0.05, 0.1) is 6.54 Å². The van der Waals surface area contributed by atoms with Crippen LogP contribution in [0.15, 0.2) is 40.7 Å². The molecule has 2 amide bonds. The van der Waals surface area contributed by atoms with Crippen molar-refractivity contribution in [2.24, 2.45) is 0 Å². The molecule has 0 atom stereocenters. The molecule has 0 saturated carbocycles. The number of nitrogens with zero attached hydrogens (tertiary/aromatic N) is 2. The van der Waals surface area contributed by atoms with E-state index in [1.54, 1.807) is 29.7 Å². The van der Waals surface area contributed by atoms with Crippen LogP contribution in [0.4, 0.5) is 19.0 Å². The molecule has 0 radical (unpaired) electrons. The van der Waals surface area contributed by atoms with E-state index in [2.05, 4.69) is 38.5 Å². The van der Waals surface area contributed by atoms with Gasteiger partial charge in [-0.3, -0.25) is 9.59 Å². The van der Waals surface area contributed by atoms with Gasteiger partial charge in [0, 0.05) is 37.5 Å². The molecule has 0 aromatic carbocycles. The van der Waals surface area contributed by atoms with Gasteiger partial charge < -0.3 is 20.6 Å². The van der Waals surface area contributed by atoms with Gasteiger partial charge in [0.25, 0.3) is 0 Å². The minimum atomic E-state index is -5.08. The number of carboxylic acids is 1. The summed E-state index contributed by atoms with van der Waals surface area (Å²) in [6, 6.07) is 4.07. The molecule has 35 heavy (non-hydrogen) atoms. The fourth-order valence-electron chi connectivity index (χ4n) is 3.38. The molecule has 2 aliphatic rings. The molecular weight excluding hydrogens is 485 g/mol. The number of aliphatic carboxylic acids is 1. The number of carboxylic acid groups (broad SMARTS) is 1. The second kappa shape index (κ2) is 11.8. The lowest BCUT2D eigenvalue weighted by molar-refractivity contribution is -0.192. The highest BCUT2D eigenvalue weighted by atomic mass is 32.1. The van der Waals surface area contributed by atoms with Crippen LogP contribution in [0.1, 0.15) is 29.5 Å². The Morgan fingerprint density at radius 2 is 1.89 bits per heavy atom. The average Bonchev–Trinajstić information content (AvgIpc) is 3.24. The molecule has 0 aliphatic carbocycles. The first-order chi connectivity index (χ1) is 16.6. The molecule has 12 heteroatoms. The number of carbonyl (C=O) groups excluding carboxylic acids is 2. The topological polar surface area (TPSA) is 112 Å². The molecular formula is C23H23F3N4O4S. The molecule has 4 heterocycles. The van der Waals surface area contributed by atoms with Gasteiger partial charge >= 0.3 is 12.1 Å². The maximum atomic E-state index is 12.5. The summed E-state index contributed by atoms with van der Waals surface area (Å²) in [5.74, 6) is -2.25. The molecule has 2 aliphatic heterocycles. The van der Waals surface area contributed by atoms with Gasteiger partial charge in [-0.2, -0.15) is 24.5 Å². The number of thiophene rings is 1. The molecule has 8 nitrogen and oxygen atoms in total. The van der Waals surface area contributed by atoms with Gasteiger partial charge in [0.2, 0.25) is 11.8 Å². The van der Waals surface area contributed by atoms with Crippen LogP contribution < -0.4 is 10.6 Å².